The van der Waals surface area contributed by atoms with E-state index in [1.165, 1.54) is 12.8 Å². The molecule has 1 aromatic carbocycles. The van der Waals surface area contributed by atoms with Crippen LogP contribution in [0.15, 0.2) is 24.3 Å². The van der Waals surface area contributed by atoms with Crippen molar-refractivity contribution < 1.29 is 4.79 Å². The standard InChI is InChI=1S/C15H22N2O/c1-10(13-5-4-6-14(16)9-13)15(18)17(3)11(2)12-7-8-12/h4-6,9-12H,7-8,16H2,1-3H3. The van der Waals surface area contributed by atoms with Gasteiger partial charge >= 0.3 is 0 Å². The van der Waals surface area contributed by atoms with Crippen LogP contribution in [0.2, 0.25) is 0 Å². The van der Waals surface area contributed by atoms with E-state index in [4.69, 9.17) is 5.73 Å². The Labute approximate surface area is 109 Å². The Balaban J connectivity index is 2.07. The topological polar surface area (TPSA) is 46.3 Å². The zero-order chi connectivity index (χ0) is 13.3. The minimum Gasteiger partial charge on any atom is -0.399 e. The first-order valence-electron chi connectivity index (χ1n) is 6.63. The van der Waals surface area contributed by atoms with Crippen molar-refractivity contribution in [3.05, 3.63) is 29.8 Å². The van der Waals surface area contributed by atoms with Crippen molar-refractivity contribution in [2.75, 3.05) is 12.8 Å². The number of rotatable bonds is 4. The molecule has 2 unspecified atom stereocenters. The molecule has 2 N–H and O–H groups in total. The highest BCUT2D eigenvalue weighted by atomic mass is 16.2. The molecular formula is C15H22N2O. The summed E-state index contributed by atoms with van der Waals surface area (Å²) in [6, 6.07) is 7.95. The first kappa shape index (κ1) is 12.9. The Morgan fingerprint density at radius 2 is 2.06 bits per heavy atom. The number of nitrogen functional groups attached to an aromatic ring is 1. The number of benzene rings is 1. The Hall–Kier alpha value is -1.51. The maximum absolute atomic E-state index is 12.4. The molecule has 1 amide bonds. The predicted octanol–water partition coefficient (Wildman–Crippen LogP) is 2.63. The molecule has 18 heavy (non-hydrogen) atoms. The summed E-state index contributed by atoms with van der Waals surface area (Å²) in [7, 11) is 1.91. The van der Waals surface area contributed by atoms with Crippen LogP contribution in [0.3, 0.4) is 0 Å². The van der Waals surface area contributed by atoms with Gasteiger partial charge in [0, 0.05) is 18.8 Å². The molecule has 2 atom stereocenters. The summed E-state index contributed by atoms with van der Waals surface area (Å²) in [5.41, 5.74) is 7.47. The quantitative estimate of drug-likeness (QED) is 0.830. The van der Waals surface area contributed by atoms with Gasteiger partial charge in [-0.05, 0) is 50.3 Å². The van der Waals surface area contributed by atoms with Gasteiger partial charge in [0.1, 0.15) is 0 Å². The third-order valence-electron chi connectivity index (χ3n) is 4.04. The largest absolute Gasteiger partial charge is 0.399 e. The number of amides is 1. The van der Waals surface area contributed by atoms with Gasteiger partial charge in [-0.3, -0.25) is 4.79 Å². The zero-order valence-electron chi connectivity index (χ0n) is 11.4. The molecule has 0 bridgehead atoms. The van der Waals surface area contributed by atoms with Gasteiger partial charge in [0.15, 0.2) is 0 Å². The molecule has 1 fully saturated rings. The molecule has 1 aliphatic carbocycles. The second-order valence-corrected chi connectivity index (χ2v) is 5.42. The molecule has 1 aromatic rings. The molecule has 0 aliphatic heterocycles. The highest BCUT2D eigenvalue weighted by Crippen LogP contribution is 2.35. The fraction of sp³-hybridized carbons (Fsp3) is 0.533. The van der Waals surface area contributed by atoms with Crippen LogP contribution >= 0.6 is 0 Å². The molecule has 0 radical (unpaired) electrons. The fourth-order valence-electron chi connectivity index (χ4n) is 2.37. The minimum atomic E-state index is -0.125. The van der Waals surface area contributed by atoms with Crippen LogP contribution < -0.4 is 5.73 Å². The van der Waals surface area contributed by atoms with Crippen LogP contribution in [0, 0.1) is 5.92 Å². The van der Waals surface area contributed by atoms with Gasteiger partial charge in [0.05, 0.1) is 5.92 Å². The average molecular weight is 246 g/mol. The van der Waals surface area contributed by atoms with Crippen molar-refractivity contribution in [2.24, 2.45) is 5.92 Å². The van der Waals surface area contributed by atoms with Crippen molar-refractivity contribution in [3.8, 4) is 0 Å². The Bertz CT molecular complexity index is 440. The van der Waals surface area contributed by atoms with E-state index in [0.717, 1.165) is 5.56 Å². The monoisotopic (exact) mass is 246 g/mol. The SMILES string of the molecule is CC(C(=O)N(C)C(C)C1CC1)c1cccc(N)c1. The van der Waals surface area contributed by atoms with Crippen molar-refractivity contribution >= 4 is 11.6 Å². The first-order chi connectivity index (χ1) is 8.50. The molecule has 0 spiro atoms. The summed E-state index contributed by atoms with van der Waals surface area (Å²) in [6.45, 7) is 4.09. The number of nitrogens with two attached hydrogens (primary N) is 1. The molecule has 2 rings (SSSR count). The van der Waals surface area contributed by atoms with E-state index in [1.807, 2.05) is 43.1 Å². The van der Waals surface area contributed by atoms with Crippen molar-refractivity contribution in [2.45, 2.75) is 38.6 Å². The van der Waals surface area contributed by atoms with Crippen molar-refractivity contribution in [1.29, 1.82) is 0 Å². The van der Waals surface area contributed by atoms with Crippen LogP contribution in [0.5, 0.6) is 0 Å². The number of hydrogen-bond acceptors (Lipinski definition) is 2. The van der Waals surface area contributed by atoms with Gasteiger partial charge < -0.3 is 10.6 Å². The summed E-state index contributed by atoms with van der Waals surface area (Å²) >= 11 is 0. The highest BCUT2D eigenvalue weighted by Gasteiger charge is 2.33. The lowest BCUT2D eigenvalue weighted by molar-refractivity contribution is -0.133. The van der Waals surface area contributed by atoms with Crippen molar-refractivity contribution in [3.63, 3.8) is 0 Å². The smallest absolute Gasteiger partial charge is 0.229 e. The summed E-state index contributed by atoms with van der Waals surface area (Å²) in [4.78, 5) is 14.3. The van der Waals surface area contributed by atoms with Gasteiger partial charge in [0.2, 0.25) is 5.91 Å². The molecule has 0 saturated heterocycles. The van der Waals surface area contributed by atoms with Crippen LogP contribution in [-0.2, 0) is 4.79 Å². The number of anilines is 1. The van der Waals surface area contributed by atoms with Gasteiger partial charge in [-0.25, -0.2) is 0 Å². The number of carbonyl (C=O) groups is 1. The number of likely N-dealkylation sites (N-methyl/N-ethyl adjacent to an activating group) is 1. The van der Waals surface area contributed by atoms with E-state index in [9.17, 15) is 4.79 Å². The Morgan fingerprint density at radius 1 is 1.39 bits per heavy atom. The summed E-state index contributed by atoms with van der Waals surface area (Å²) < 4.78 is 0. The van der Waals surface area contributed by atoms with Gasteiger partial charge in [-0.1, -0.05) is 12.1 Å². The molecule has 98 valence electrons. The molecular weight excluding hydrogens is 224 g/mol. The Morgan fingerprint density at radius 3 is 2.61 bits per heavy atom. The van der Waals surface area contributed by atoms with E-state index < -0.39 is 0 Å². The van der Waals surface area contributed by atoms with Crippen LogP contribution in [0.4, 0.5) is 5.69 Å². The van der Waals surface area contributed by atoms with Gasteiger partial charge in [-0.15, -0.1) is 0 Å². The van der Waals surface area contributed by atoms with Crippen LogP contribution in [-0.4, -0.2) is 23.9 Å². The van der Waals surface area contributed by atoms with E-state index in [2.05, 4.69) is 6.92 Å². The van der Waals surface area contributed by atoms with Crippen molar-refractivity contribution in [1.82, 2.24) is 4.90 Å². The second kappa shape index (κ2) is 5.01. The van der Waals surface area contributed by atoms with E-state index in [-0.39, 0.29) is 11.8 Å². The zero-order valence-corrected chi connectivity index (χ0v) is 11.4. The first-order valence-corrected chi connectivity index (χ1v) is 6.63. The Kier molecular flexibility index (Phi) is 3.60. The van der Waals surface area contributed by atoms with E-state index in [1.54, 1.807) is 0 Å². The van der Waals surface area contributed by atoms with E-state index >= 15 is 0 Å². The molecule has 0 heterocycles. The fourth-order valence-corrected chi connectivity index (χ4v) is 2.37. The molecule has 1 aliphatic rings. The van der Waals surface area contributed by atoms with Crippen LogP contribution in [0.25, 0.3) is 0 Å². The minimum absolute atomic E-state index is 0.125. The lowest BCUT2D eigenvalue weighted by Crippen LogP contribution is -2.38. The lowest BCUT2D eigenvalue weighted by atomic mass is 9.98. The molecule has 1 saturated carbocycles. The predicted molar refractivity (Wildman–Crippen MR) is 74.2 cm³/mol. The molecule has 3 nitrogen and oxygen atoms in total. The summed E-state index contributed by atoms with van der Waals surface area (Å²) in [5, 5.41) is 0. The molecule has 0 aromatic heterocycles. The van der Waals surface area contributed by atoms with Gasteiger partial charge in [0.25, 0.3) is 0 Å². The van der Waals surface area contributed by atoms with Gasteiger partial charge in [-0.2, -0.15) is 0 Å². The maximum Gasteiger partial charge on any atom is 0.229 e. The third kappa shape index (κ3) is 2.66. The average Bonchev–Trinajstić information content (AvgIpc) is 3.19. The second-order valence-electron chi connectivity index (χ2n) is 5.42. The molecule has 3 heteroatoms. The summed E-state index contributed by atoms with van der Waals surface area (Å²) in [6.07, 6.45) is 2.51. The number of hydrogen-bond donors (Lipinski definition) is 1. The number of carbonyl (C=O) groups excluding carboxylic acids is 1. The normalized spacial score (nSPS) is 18.2. The summed E-state index contributed by atoms with van der Waals surface area (Å²) in [5.74, 6) is 0.756. The maximum atomic E-state index is 12.4. The lowest BCUT2D eigenvalue weighted by Gasteiger charge is -2.28. The van der Waals surface area contributed by atoms with Crippen LogP contribution in [0.1, 0.15) is 38.2 Å². The van der Waals surface area contributed by atoms with E-state index in [0.29, 0.717) is 17.6 Å². The highest BCUT2D eigenvalue weighted by molar-refractivity contribution is 5.83. The third-order valence-corrected chi connectivity index (χ3v) is 4.04. The number of nitrogens with zero attached hydrogens (tertiary/aromatic N) is 1.